The monoisotopic (exact) mass is 918 g/mol. The molecule has 14 nitrogen and oxygen atoms in total. The Labute approximate surface area is 379 Å². The lowest BCUT2D eigenvalue weighted by molar-refractivity contribution is -0.161. The van der Waals surface area contributed by atoms with Gasteiger partial charge in [-0.1, -0.05) is 180 Å². The third-order valence-electron chi connectivity index (χ3n) is 11.9. The van der Waals surface area contributed by atoms with Crippen molar-refractivity contribution < 1.29 is 62.5 Å². The number of ether oxygens (including phenoxy) is 2. The Kier molecular flexibility index (Phi) is 35.5. The molecule has 1 unspecified atom stereocenters. The first-order valence-electron chi connectivity index (χ1n) is 24.8. The number of unbranched alkanes of at least 4 members (excludes halogenated alkanes) is 23. The van der Waals surface area contributed by atoms with Crippen molar-refractivity contribution in [2.45, 2.75) is 237 Å². The molecule has 0 heterocycles. The van der Waals surface area contributed by atoms with Gasteiger partial charge in [-0.05, 0) is 25.7 Å². The van der Waals surface area contributed by atoms with Crippen LogP contribution >= 0.6 is 7.82 Å². The molecule has 7 atom stereocenters. The maximum atomic E-state index is 12.7. The molecule has 15 heteroatoms. The molecule has 0 amide bonds. The zero-order valence-electron chi connectivity index (χ0n) is 39.1. The van der Waals surface area contributed by atoms with Crippen LogP contribution in [0.25, 0.3) is 0 Å². The molecule has 1 rings (SSSR count). The number of aliphatic carboxylic acids is 1. The Hall–Kier alpha value is -2.19. The summed E-state index contributed by atoms with van der Waals surface area (Å²) in [6, 6.07) is -1.56. The van der Waals surface area contributed by atoms with Crippen LogP contribution in [0.15, 0.2) is 12.2 Å². The van der Waals surface area contributed by atoms with E-state index >= 15 is 0 Å². The van der Waals surface area contributed by atoms with Gasteiger partial charge < -0.3 is 35.4 Å². The lowest BCUT2D eigenvalue weighted by Crippen LogP contribution is -2.34. The average molecular weight is 918 g/mol. The number of Topliss-reactive ketones (excluding diaryl/α,β-unsaturated/α-hetero) is 1. The molecule has 6 N–H and O–H groups in total. The second-order valence-corrected chi connectivity index (χ2v) is 19.2. The number of carboxylic acid groups (broad SMARTS) is 1. The molecular formula is C48H88NO13P. The first kappa shape index (κ1) is 58.8. The first-order valence-corrected chi connectivity index (χ1v) is 26.3. The molecule has 1 saturated carbocycles. The van der Waals surface area contributed by atoms with Crippen LogP contribution in [0.2, 0.25) is 0 Å². The molecule has 63 heavy (non-hydrogen) atoms. The molecule has 1 aliphatic carbocycles. The molecule has 1 aliphatic rings. The maximum absolute atomic E-state index is 12.7. The van der Waals surface area contributed by atoms with Crippen molar-refractivity contribution in [2.24, 2.45) is 17.6 Å². The molecule has 0 aromatic carbocycles. The highest BCUT2D eigenvalue weighted by Gasteiger charge is 2.39. The summed E-state index contributed by atoms with van der Waals surface area (Å²) in [6.45, 7) is 2.50. The zero-order valence-corrected chi connectivity index (χ0v) is 40.0. The number of carbonyl (C=O) groups is 4. The van der Waals surface area contributed by atoms with Crippen LogP contribution in [0.1, 0.15) is 213 Å². The summed E-state index contributed by atoms with van der Waals surface area (Å²) in [7, 11) is -4.78. The minimum absolute atomic E-state index is 0.0268. The van der Waals surface area contributed by atoms with Crippen LogP contribution in [0.4, 0.5) is 0 Å². The minimum atomic E-state index is -4.78. The molecule has 0 radical (unpaired) electrons. The predicted octanol–water partition coefficient (Wildman–Crippen LogP) is 10.2. The lowest BCUT2D eigenvalue weighted by Gasteiger charge is -2.20. The lowest BCUT2D eigenvalue weighted by atomic mass is 9.88. The molecule has 0 spiro atoms. The minimum Gasteiger partial charge on any atom is -0.480 e. The maximum Gasteiger partial charge on any atom is 0.472 e. The van der Waals surface area contributed by atoms with Crippen molar-refractivity contribution in [3.63, 3.8) is 0 Å². The number of phosphoric ester groups is 1. The topological polar surface area (TPSA) is 229 Å². The van der Waals surface area contributed by atoms with E-state index in [9.17, 15) is 38.8 Å². The van der Waals surface area contributed by atoms with Crippen molar-refractivity contribution in [1.29, 1.82) is 0 Å². The van der Waals surface area contributed by atoms with E-state index < -0.39 is 69.9 Å². The van der Waals surface area contributed by atoms with Crippen LogP contribution in [-0.2, 0) is 42.3 Å². The Bertz CT molecular complexity index is 1280. The summed E-state index contributed by atoms with van der Waals surface area (Å²) >= 11 is 0. The number of esters is 2. The first-order chi connectivity index (χ1) is 30.3. The highest BCUT2D eigenvalue weighted by molar-refractivity contribution is 7.47. The largest absolute Gasteiger partial charge is 0.480 e. The smallest absolute Gasteiger partial charge is 0.472 e. The van der Waals surface area contributed by atoms with Crippen molar-refractivity contribution in [2.75, 3.05) is 19.8 Å². The van der Waals surface area contributed by atoms with Gasteiger partial charge in [-0.3, -0.25) is 28.2 Å². The molecule has 0 saturated heterocycles. The van der Waals surface area contributed by atoms with E-state index in [4.69, 9.17) is 24.8 Å². The zero-order chi connectivity index (χ0) is 46.6. The summed E-state index contributed by atoms with van der Waals surface area (Å²) < 4.78 is 32.8. The number of aliphatic hydroxyl groups excluding tert-OH is 2. The molecule has 0 aromatic heterocycles. The van der Waals surface area contributed by atoms with Gasteiger partial charge in [0.15, 0.2) is 6.10 Å². The predicted molar refractivity (Wildman–Crippen MR) is 246 cm³/mol. The Morgan fingerprint density at radius 2 is 1.16 bits per heavy atom. The molecule has 0 bridgehead atoms. The number of nitrogens with two attached hydrogens (primary N) is 1. The van der Waals surface area contributed by atoms with Crippen LogP contribution in [0, 0.1) is 11.8 Å². The third kappa shape index (κ3) is 32.2. The van der Waals surface area contributed by atoms with Gasteiger partial charge in [0.1, 0.15) is 18.4 Å². The number of hydrogen-bond acceptors (Lipinski definition) is 12. The van der Waals surface area contributed by atoms with Gasteiger partial charge in [0.25, 0.3) is 0 Å². The van der Waals surface area contributed by atoms with Crippen LogP contribution in [0.5, 0.6) is 0 Å². The normalized spacial score (nSPS) is 19.0. The number of carbonyl (C=O) groups excluding carboxylic acids is 3. The van der Waals surface area contributed by atoms with Crippen molar-refractivity contribution in [3.05, 3.63) is 12.2 Å². The summed E-state index contributed by atoms with van der Waals surface area (Å²) in [5, 5.41) is 29.7. The van der Waals surface area contributed by atoms with Crippen molar-refractivity contribution >= 4 is 31.5 Å². The van der Waals surface area contributed by atoms with Gasteiger partial charge >= 0.3 is 25.7 Å². The van der Waals surface area contributed by atoms with Gasteiger partial charge in [0.05, 0.1) is 25.4 Å². The van der Waals surface area contributed by atoms with E-state index in [-0.39, 0.29) is 36.9 Å². The Morgan fingerprint density at radius 3 is 1.68 bits per heavy atom. The standard InChI is InChI=1S/C48H88NO13P/c1-3-5-7-8-9-10-11-12-13-14-15-16-17-18-19-20-21-22-28-32-47(54)62-40(37-60-63(57,58)61-38-43(49)48(55)56)36-59-46(53)31-27-24-23-26-30-41-42(45(52)35-44(41)51)34-33-39(50)29-25-6-4-2/h33-34,39-43,45,50,52H,3-32,35-38,49H2,1-2H3,(H,55,56)(H,57,58)/b34-33+/t39-,40+,41+,42+,43-,45+/m0/s1. The van der Waals surface area contributed by atoms with Gasteiger partial charge in [0, 0.05) is 31.1 Å². The number of carboxylic acids is 1. The quantitative estimate of drug-likeness (QED) is 0.0166. The summed E-state index contributed by atoms with van der Waals surface area (Å²) in [5.74, 6) is -3.15. The third-order valence-corrected chi connectivity index (χ3v) is 12.9. The Morgan fingerprint density at radius 1 is 0.698 bits per heavy atom. The number of rotatable bonds is 43. The summed E-state index contributed by atoms with van der Waals surface area (Å²) in [5.41, 5.74) is 5.34. The molecule has 0 aliphatic heterocycles. The van der Waals surface area contributed by atoms with Gasteiger partial charge in [-0.15, -0.1) is 0 Å². The van der Waals surface area contributed by atoms with Crippen molar-refractivity contribution in [3.8, 4) is 0 Å². The Balaban J connectivity index is 2.38. The summed E-state index contributed by atoms with van der Waals surface area (Å²) in [4.78, 5) is 58.9. The average Bonchev–Trinajstić information content (AvgIpc) is 3.52. The second-order valence-electron chi connectivity index (χ2n) is 17.7. The summed E-state index contributed by atoms with van der Waals surface area (Å²) in [6.07, 6.45) is 31.7. The SMILES string of the molecule is CCCCCCCCCCCCCCCCCCCCCC(=O)O[C@H](COC(=O)CCCCCC[C@H]1C(=O)C[C@@H](O)[C@@H]1/C=C/[C@@H](O)CCCCC)COP(=O)(O)OC[C@H](N)C(=O)O. The van der Waals surface area contributed by atoms with Crippen LogP contribution in [-0.4, -0.2) is 88.1 Å². The number of aliphatic hydroxyl groups is 2. The van der Waals surface area contributed by atoms with E-state index in [1.54, 1.807) is 12.2 Å². The number of hydrogen-bond donors (Lipinski definition) is 5. The number of phosphoric acid groups is 1. The van der Waals surface area contributed by atoms with E-state index in [2.05, 4.69) is 18.4 Å². The van der Waals surface area contributed by atoms with Crippen molar-refractivity contribution in [1.82, 2.24) is 0 Å². The van der Waals surface area contributed by atoms with Gasteiger partial charge in [-0.25, -0.2) is 4.57 Å². The van der Waals surface area contributed by atoms with Gasteiger partial charge in [-0.2, -0.15) is 0 Å². The van der Waals surface area contributed by atoms with Crippen LogP contribution in [0.3, 0.4) is 0 Å². The fraction of sp³-hybridized carbons (Fsp3) is 0.875. The molecule has 368 valence electrons. The van der Waals surface area contributed by atoms with Gasteiger partial charge in [0.2, 0.25) is 0 Å². The molecule has 0 aromatic rings. The molecule has 1 fully saturated rings. The van der Waals surface area contributed by atoms with Crippen LogP contribution < -0.4 is 5.73 Å². The highest BCUT2D eigenvalue weighted by atomic mass is 31.2. The highest BCUT2D eigenvalue weighted by Crippen LogP contribution is 2.43. The van der Waals surface area contributed by atoms with E-state index in [0.717, 1.165) is 51.4 Å². The second kappa shape index (κ2) is 38.0. The fourth-order valence-corrected chi connectivity index (χ4v) is 8.74. The van der Waals surface area contributed by atoms with E-state index in [1.165, 1.54) is 96.3 Å². The molecular weight excluding hydrogens is 829 g/mol. The number of ketones is 1. The fourth-order valence-electron chi connectivity index (χ4n) is 7.96. The van der Waals surface area contributed by atoms with E-state index in [0.29, 0.717) is 32.1 Å². The van der Waals surface area contributed by atoms with E-state index in [1.807, 2.05) is 0 Å².